The number of carbonyl (C=O) groups is 1. The highest BCUT2D eigenvalue weighted by Crippen LogP contribution is 2.22. The van der Waals surface area contributed by atoms with Gasteiger partial charge in [-0.05, 0) is 29.8 Å². The van der Waals surface area contributed by atoms with Crippen LogP contribution in [0.5, 0.6) is 0 Å². The maximum Gasteiger partial charge on any atom is 0.329 e. The zero-order valence-corrected chi connectivity index (χ0v) is 16.6. The molecule has 1 amide bonds. The maximum atomic E-state index is 12.5. The second-order valence-electron chi connectivity index (χ2n) is 6.40. The number of fused-ring (bicyclic) bond motifs is 1. The summed E-state index contributed by atoms with van der Waals surface area (Å²) in [6, 6.07) is 15.0. The van der Waals surface area contributed by atoms with Crippen LogP contribution in [0.1, 0.15) is 10.4 Å². The SMILES string of the molecule is Cn1c(=O)n(CC(=O)Nc2ncc(Cc3ccc(Cl)cc3)s2)c2ccccc21. The van der Waals surface area contributed by atoms with Gasteiger partial charge >= 0.3 is 5.69 Å². The van der Waals surface area contributed by atoms with Gasteiger partial charge in [0.2, 0.25) is 5.91 Å². The van der Waals surface area contributed by atoms with Gasteiger partial charge in [0.1, 0.15) is 6.54 Å². The summed E-state index contributed by atoms with van der Waals surface area (Å²) < 4.78 is 3.00. The van der Waals surface area contributed by atoms with Gasteiger partial charge in [-0.15, -0.1) is 11.3 Å². The second kappa shape index (κ2) is 7.61. The number of rotatable bonds is 5. The van der Waals surface area contributed by atoms with Gasteiger partial charge in [0, 0.05) is 29.6 Å². The summed E-state index contributed by atoms with van der Waals surface area (Å²) >= 11 is 7.32. The molecule has 28 heavy (non-hydrogen) atoms. The van der Waals surface area contributed by atoms with Crippen molar-refractivity contribution in [3.63, 3.8) is 0 Å². The molecule has 0 aliphatic carbocycles. The third kappa shape index (κ3) is 3.72. The number of para-hydroxylation sites is 2. The van der Waals surface area contributed by atoms with E-state index in [1.807, 2.05) is 48.5 Å². The summed E-state index contributed by atoms with van der Waals surface area (Å²) in [5.74, 6) is -0.286. The van der Waals surface area contributed by atoms with E-state index in [4.69, 9.17) is 11.6 Å². The van der Waals surface area contributed by atoms with Crippen molar-refractivity contribution >= 4 is 45.0 Å². The number of imidazole rings is 1. The van der Waals surface area contributed by atoms with Crippen molar-refractivity contribution in [2.45, 2.75) is 13.0 Å². The minimum Gasteiger partial charge on any atom is -0.300 e. The molecule has 0 saturated heterocycles. The van der Waals surface area contributed by atoms with Crippen molar-refractivity contribution in [2.24, 2.45) is 7.05 Å². The molecule has 0 saturated carbocycles. The molecule has 0 fully saturated rings. The number of amides is 1. The third-order valence-corrected chi connectivity index (χ3v) is 5.61. The number of aryl methyl sites for hydroxylation is 1. The summed E-state index contributed by atoms with van der Waals surface area (Å²) in [5.41, 5.74) is 2.42. The fourth-order valence-electron chi connectivity index (χ4n) is 3.07. The van der Waals surface area contributed by atoms with Crippen LogP contribution in [0.4, 0.5) is 5.13 Å². The summed E-state index contributed by atoms with van der Waals surface area (Å²) in [5, 5.41) is 4.00. The monoisotopic (exact) mass is 412 g/mol. The number of benzene rings is 2. The molecule has 4 aromatic rings. The Kier molecular flexibility index (Phi) is 5.02. The topological polar surface area (TPSA) is 68.9 Å². The van der Waals surface area contributed by atoms with Crippen molar-refractivity contribution in [3.05, 3.63) is 80.7 Å². The number of thiazole rings is 1. The van der Waals surface area contributed by atoms with Crippen LogP contribution in [0.15, 0.2) is 59.5 Å². The molecule has 0 radical (unpaired) electrons. The number of nitrogens with zero attached hydrogens (tertiary/aromatic N) is 3. The van der Waals surface area contributed by atoms with Crippen molar-refractivity contribution in [1.29, 1.82) is 0 Å². The van der Waals surface area contributed by atoms with Crippen molar-refractivity contribution in [1.82, 2.24) is 14.1 Å². The van der Waals surface area contributed by atoms with Crippen molar-refractivity contribution in [3.8, 4) is 0 Å². The van der Waals surface area contributed by atoms with E-state index in [9.17, 15) is 9.59 Å². The molecule has 0 atom stereocenters. The van der Waals surface area contributed by atoms with Gasteiger partial charge in [-0.2, -0.15) is 0 Å². The highest BCUT2D eigenvalue weighted by atomic mass is 35.5. The minimum atomic E-state index is -0.286. The van der Waals surface area contributed by atoms with E-state index < -0.39 is 0 Å². The number of anilines is 1. The quantitative estimate of drug-likeness (QED) is 0.543. The van der Waals surface area contributed by atoms with Crippen LogP contribution in [0.3, 0.4) is 0 Å². The van der Waals surface area contributed by atoms with Crippen molar-refractivity contribution in [2.75, 3.05) is 5.32 Å². The van der Waals surface area contributed by atoms with Crippen LogP contribution in [0.25, 0.3) is 11.0 Å². The van der Waals surface area contributed by atoms with Crippen LogP contribution in [-0.4, -0.2) is 20.0 Å². The first kappa shape index (κ1) is 18.5. The predicted molar refractivity (Wildman–Crippen MR) is 112 cm³/mol. The molecule has 6 nitrogen and oxygen atoms in total. The first-order valence-electron chi connectivity index (χ1n) is 8.64. The minimum absolute atomic E-state index is 0.0632. The molecule has 0 unspecified atom stereocenters. The molecule has 0 spiro atoms. The molecule has 0 bridgehead atoms. The van der Waals surface area contributed by atoms with E-state index in [-0.39, 0.29) is 18.1 Å². The van der Waals surface area contributed by atoms with Gasteiger partial charge in [-0.1, -0.05) is 35.9 Å². The van der Waals surface area contributed by atoms with Gasteiger partial charge in [0.15, 0.2) is 5.13 Å². The standard InChI is InChI=1S/C20H17ClN4O2S/c1-24-16-4-2-3-5-17(16)25(20(24)27)12-18(26)23-19-22-11-15(28-19)10-13-6-8-14(21)9-7-13/h2-9,11H,10,12H2,1H3,(H,22,23,26). The maximum absolute atomic E-state index is 12.5. The molecule has 4 rings (SSSR count). The highest BCUT2D eigenvalue weighted by Gasteiger charge is 2.14. The Labute approximate surface area is 170 Å². The summed E-state index contributed by atoms with van der Waals surface area (Å²) in [6.07, 6.45) is 2.46. The zero-order chi connectivity index (χ0) is 19.7. The average molecular weight is 413 g/mol. The lowest BCUT2D eigenvalue weighted by Crippen LogP contribution is -2.28. The Hall–Kier alpha value is -2.90. The Morgan fingerprint density at radius 1 is 1.14 bits per heavy atom. The summed E-state index contributed by atoms with van der Waals surface area (Å²) in [6.45, 7) is -0.0632. The van der Waals surface area contributed by atoms with Crippen LogP contribution in [0, 0.1) is 0 Å². The fraction of sp³-hybridized carbons (Fsp3) is 0.150. The van der Waals surface area contributed by atoms with Crippen LogP contribution >= 0.6 is 22.9 Å². The van der Waals surface area contributed by atoms with Crippen LogP contribution < -0.4 is 11.0 Å². The molecule has 0 aliphatic heterocycles. The largest absolute Gasteiger partial charge is 0.329 e. The Balaban J connectivity index is 1.46. The number of nitrogens with one attached hydrogen (secondary N) is 1. The fourth-order valence-corrected chi connectivity index (χ4v) is 4.06. The normalized spacial score (nSPS) is 11.1. The molecule has 0 aliphatic rings. The van der Waals surface area contributed by atoms with Crippen LogP contribution in [0.2, 0.25) is 5.02 Å². The molecule has 2 aromatic heterocycles. The molecule has 1 N–H and O–H groups in total. The van der Waals surface area contributed by atoms with E-state index in [0.29, 0.717) is 16.6 Å². The molecular formula is C20H17ClN4O2S. The first-order valence-corrected chi connectivity index (χ1v) is 9.84. The first-order chi connectivity index (χ1) is 13.5. The molecule has 2 heterocycles. The van der Waals surface area contributed by atoms with Gasteiger partial charge in [-0.3, -0.25) is 13.9 Å². The lowest BCUT2D eigenvalue weighted by molar-refractivity contribution is -0.116. The predicted octanol–water partition coefficient (Wildman–Crippen LogP) is 3.68. The van der Waals surface area contributed by atoms with Crippen molar-refractivity contribution < 1.29 is 4.79 Å². The summed E-state index contributed by atoms with van der Waals surface area (Å²) in [7, 11) is 1.70. The van der Waals surface area contributed by atoms with E-state index in [1.54, 1.807) is 13.2 Å². The highest BCUT2D eigenvalue weighted by molar-refractivity contribution is 7.15. The van der Waals surface area contributed by atoms with E-state index in [2.05, 4.69) is 10.3 Å². The average Bonchev–Trinajstić information content (AvgIpc) is 3.22. The van der Waals surface area contributed by atoms with Gasteiger partial charge in [-0.25, -0.2) is 9.78 Å². The summed E-state index contributed by atoms with van der Waals surface area (Å²) in [4.78, 5) is 30.2. The van der Waals surface area contributed by atoms with E-state index in [0.717, 1.165) is 21.5 Å². The van der Waals surface area contributed by atoms with Gasteiger partial charge in [0.25, 0.3) is 0 Å². The molecule has 142 valence electrons. The smallest absolute Gasteiger partial charge is 0.300 e. The molecule has 8 heteroatoms. The van der Waals surface area contributed by atoms with Crippen LogP contribution in [-0.2, 0) is 24.8 Å². The number of hydrogen-bond donors (Lipinski definition) is 1. The number of halogens is 1. The lowest BCUT2D eigenvalue weighted by Gasteiger charge is -2.03. The number of hydrogen-bond acceptors (Lipinski definition) is 4. The van der Waals surface area contributed by atoms with E-state index in [1.165, 1.54) is 20.5 Å². The zero-order valence-electron chi connectivity index (χ0n) is 15.1. The number of carbonyl (C=O) groups excluding carboxylic acids is 1. The Morgan fingerprint density at radius 2 is 1.86 bits per heavy atom. The van der Waals surface area contributed by atoms with Gasteiger partial charge < -0.3 is 5.32 Å². The number of aromatic nitrogens is 3. The van der Waals surface area contributed by atoms with Gasteiger partial charge in [0.05, 0.1) is 11.0 Å². The third-order valence-electron chi connectivity index (χ3n) is 4.44. The Morgan fingerprint density at radius 3 is 2.61 bits per heavy atom. The second-order valence-corrected chi connectivity index (χ2v) is 7.95. The van der Waals surface area contributed by atoms with E-state index >= 15 is 0 Å². The lowest BCUT2D eigenvalue weighted by atomic mass is 10.1. The molecular weight excluding hydrogens is 396 g/mol. The Bertz CT molecular complexity index is 1210. The molecule has 2 aromatic carbocycles.